The average molecular weight is 297 g/mol. The summed E-state index contributed by atoms with van der Waals surface area (Å²) in [4.78, 5) is 22.0. The molecule has 0 saturated carbocycles. The van der Waals surface area contributed by atoms with Crippen LogP contribution in [0, 0.1) is 0 Å². The van der Waals surface area contributed by atoms with E-state index in [2.05, 4.69) is 15.0 Å². The van der Waals surface area contributed by atoms with Crippen molar-refractivity contribution in [2.45, 2.75) is 32.8 Å². The Hall–Kier alpha value is -1.97. The molecule has 9 nitrogen and oxygen atoms in total. The van der Waals surface area contributed by atoms with E-state index in [1.807, 2.05) is 13.8 Å². The second-order valence-electron chi connectivity index (χ2n) is 4.82. The summed E-state index contributed by atoms with van der Waals surface area (Å²) in [5.74, 6) is 0.0103. The van der Waals surface area contributed by atoms with Gasteiger partial charge in [-0.15, -0.1) is 0 Å². The third-order valence-corrected chi connectivity index (χ3v) is 2.76. The van der Waals surface area contributed by atoms with E-state index >= 15 is 0 Å². The van der Waals surface area contributed by atoms with Gasteiger partial charge in [-0.05, 0) is 13.8 Å². The van der Waals surface area contributed by atoms with Gasteiger partial charge in [0, 0.05) is 0 Å². The summed E-state index contributed by atoms with van der Waals surface area (Å²) >= 11 is 0. The lowest BCUT2D eigenvalue weighted by Gasteiger charge is -2.17. The smallest absolute Gasteiger partial charge is 0.280 e. The minimum Gasteiger partial charge on any atom is -0.394 e. The first kappa shape index (κ1) is 15.4. The van der Waals surface area contributed by atoms with Crippen molar-refractivity contribution in [3.05, 3.63) is 16.7 Å². The van der Waals surface area contributed by atoms with Crippen LogP contribution in [0.25, 0.3) is 11.2 Å². The molecule has 1 atom stereocenters. The fourth-order valence-corrected chi connectivity index (χ4v) is 1.70. The topological polar surface area (TPSA) is 128 Å². The van der Waals surface area contributed by atoms with Crippen molar-refractivity contribution in [1.29, 1.82) is 0 Å². The van der Waals surface area contributed by atoms with Gasteiger partial charge >= 0.3 is 0 Å². The lowest BCUT2D eigenvalue weighted by Crippen LogP contribution is -2.26. The molecular weight excluding hydrogens is 278 g/mol. The zero-order chi connectivity index (χ0) is 15.4. The maximum atomic E-state index is 11.6. The van der Waals surface area contributed by atoms with Crippen molar-refractivity contribution in [3.63, 3.8) is 0 Å². The average Bonchev–Trinajstić information content (AvgIpc) is 2.82. The van der Waals surface area contributed by atoms with Crippen LogP contribution in [0.4, 0.5) is 5.95 Å². The van der Waals surface area contributed by atoms with Crippen molar-refractivity contribution in [2.24, 2.45) is 0 Å². The molecule has 0 saturated heterocycles. The molecule has 0 aliphatic rings. The minimum absolute atomic E-state index is 0.0103. The highest BCUT2D eigenvalue weighted by molar-refractivity contribution is 5.70. The number of imidazole rings is 1. The number of nitrogens with two attached hydrogens (primary N) is 1. The maximum absolute atomic E-state index is 11.6. The number of hydrogen-bond donors (Lipinski definition) is 3. The lowest BCUT2D eigenvalue weighted by atomic mass is 10.4. The van der Waals surface area contributed by atoms with Gasteiger partial charge in [0.25, 0.3) is 5.56 Å². The van der Waals surface area contributed by atoms with E-state index in [1.54, 1.807) is 4.57 Å². The van der Waals surface area contributed by atoms with Crippen LogP contribution in [0.2, 0.25) is 0 Å². The van der Waals surface area contributed by atoms with Gasteiger partial charge in [-0.3, -0.25) is 14.3 Å². The number of aliphatic hydroxyl groups is 1. The van der Waals surface area contributed by atoms with Crippen molar-refractivity contribution < 1.29 is 14.6 Å². The van der Waals surface area contributed by atoms with Crippen LogP contribution in [0.5, 0.6) is 0 Å². The summed E-state index contributed by atoms with van der Waals surface area (Å²) < 4.78 is 12.5. The monoisotopic (exact) mass is 297 g/mol. The number of nitrogen functional groups attached to an aromatic ring is 1. The molecule has 0 amide bonds. The predicted molar refractivity (Wildman–Crippen MR) is 75.6 cm³/mol. The molecule has 0 fully saturated rings. The number of aromatic amines is 1. The first-order valence-electron chi connectivity index (χ1n) is 6.56. The number of nitrogens with zero attached hydrogens (tertiary/aromatic N) is 3. The summed E-state index contributed by atoms with van der Waals surface area (Å²) in [6, 6.07) is 0. The van der Waals surface area contributed by atoms with Gasteiger partial charge in [-0.2, -0.15) is 4.98 Å². The van der Waals surface area contributed by atoms with E-state index in [-0.39, 0.29) is 37.5 Å². The van der Waals surface area contributed by atoms with Crippen LogP contribution in [0.3, 0.4) is 0 Å². The lowest BCUT2D eigenvalue weighted by molar-refractivity contribution is -0.0776. The molecule has 9 heteroatoms. The van der Waals surface area contributed by atoms with Crippen LogP contribution in [0.15, 0.2) is 11.1 Å². The van der Waals surface area contributed by atoms with E-state index in [1.165, 1.54) is 6.33 Å². The number of anilines is 1. The molecule has 21 heavy (non-hydrogen) atoms. The molecule has 0 spiro atoms. The van der Waals surface area contributed by atoms with Gasteiger partial charge in [0.1, 0.15) is 12.8 Å². The normalized spacial score (nSPS) is 13.1. The summed E-state index contributed by atoms with van der Waals surface area (Å²) in [6.45, 7) is 3.99. The molecule has 0 aliphatic carbocycles. The Morgan fingerprint density at radius 3 is 2.90 bits per heavy atom. The van der Waals surface area contributed by atoms with Gasteiger partial charge in [-0.25, -0.2) is 4.98 Å². The Morgan fingerprint density at radius 1 is 1.48 bits per heavy atom. The van der Waals surface area contributed by atoms with Crippen LogP contribution in [0.1, 0.15) is 13.8 Å². The number of aromatic nitrogens is 4. The molecule has 0 bridgehead atoms. The fourth-order valence-electron chi connectivity index (χ4n) is 1.70. The van der Waals surface area contributed by atoms with E-state index in [0.717, 1.165) is 0 Å². The highest BCUT2D eigenvalue weighted by Crippen LogP contribution is 2.07. The molecule has 2 aromatic heterocycles. The van der Waals surface area contributed by atoms with E-state index in [9.17, 15) is 9.90 Å². The van der Waals surface area contributed by atoms with Gasteiger partial charge < -0.3 is 20.3 Å². The van der Waals surface area contributed by atoms with E-state index in [4.69, 9.17) is 15.2 Å². The number of ether oxygens (including phenoxy) is 2. The van der Waals surface area contributed by atoms with Gasteiger partial charge in [-0.1, -0.05) is 0 Å². The summed E-state index contributed by atoms with van der Waals surface area (Å²) in [6.07, 6.45) is 1.02. The van der Waals surface area contributed by atoms with Crippen molar-refractivity contribution >= 4 is 17.1 Å². The number of nitrogens with one attached hydrogen (secondary N) is 1. The molecule has 2 heterocycles. The Balaban J connectivity index is 2.07. The fraction of sp³-hybridized carbons (Fsp3) is 0.583. The highest BCUT2D eigenvalue weighted by Gasteiger charge is 2.13. The zero-order valence-corrected chi connectivity index (χ0v) is 11.9. The number of fused-ring (bicyclic) bond motifs is 1. The zero-order valence-electron chi connectivity index (χ0n) is 11.9. The number of rotatable bonds is 7. The Labute approximate surface area is 120 Å². The van der Waals surface area contributed by atoms with Crippen LogP contribution < -0.4 is 11.3 Å². The first-order chi connectivity index (χ1) is 10.0. The molecule has 2 rings (SSSR count). The summed E-state index contributed by atoms with van der Waals surface area (Å²) in [5, 5.41) is 9.25. The predicted octanol–water partition coefficient (Wildman–Crippen LogP) is -0.538. The second kappa shape index (κ2) is 6.66. The molecule has 0 aliphatic heterocycles. The molecule has 116 valence electrons. The molecule has 4 N–H and O–H groups in total. The van der Waals surface area contributed by atoms with Gasteiger partial charge in [0.15, 0.2) is 11.2 Å². The molecule has 1 unspecified atom stereocenters. The standard InChI is InChI=1S/C12H19N5O4/c1-7(2)20-4-8(3-18)21-6-17-5-14-9-10(17)15-12(13)16-11(9)19/h5,7-8,18H,3-4,6H2,1-2H3,(H3,13,15,16,19). The Bertz CT molecular complexity index is 651. The third kappa shape index (κ3) is 3.78. The molecule has 0 radical (unpaired) electrons. The minimum atomic E-state index is -0.468. The van der Waals surface area contributed by atoms with E-state index in [0.29, 0.717) is 5.65 Å². The third-order valence-electron chi connectivity index (χ3n) is 2.76. The van der Waals surface area contributed by atoms with Gasteiger partial charge in [0.05, 0.1) is 25.6 Å². The number of H-pyrrole nitrogens is 1. The van der Waals surface area contributed by atoms with Crippen molar-refractivity contribution in [3.8, 4) is 0 Å². The molecule has 0 aromatic carbocycles. The number of aliphatic hydroxyl groups excluding tert-OH is 1. The largest absolute Gasteiger partial charge is 0.394 e. The Kier molecular flexibility index (Phi) is 4.89. The first-order valence-corrected chi connectivity index (χ1v) is 6.56. The van der Waals surface area contributed by atoms with Crippen molar-refractivity contribution in [1.82, 2.24) is 19.5 Å². The number of hydrogen-bond acceptors (Lipinski definition) is 7. The summed E-state index contributed by atoms with van der Waals surface area (Å²) in [7, 11) is 0. The quantitative estimate of drug-likeness (QED) is 0.626. The van der Waals surface area contributed by atoms with Crippen molar-refractivity contribution in [2.75, 3.05) is 18.9 Å². The Morgan fingerprint density at radius 2 is 2.24 bits per heavy atom. The molecular formula is C12H19N5O4. The van der Waals surface area contributed by atoms with Crippen LogP contribution >= 0.6 is 0 Å². The summed E-state index contributed by atoms with van der Waals surface area (Å²) in [5.41, 5.74) is 5.62. The van der Waals surface area contributed by atoms with Gasteiger partial charge in [0.2, 0.25) is 5.95 Å². The molecule has 2 aromatic rings. The van der Waals surface area contributed by atoms with Crippen LogP contribution in [-0.2, 0) is 16.2 Å². The highest BCUT2D eigenvalue weighted by atomic mass is 16.5. The van der Waals surface area contributed by atoms with Crippen LogP contribution in [-0.4, -0.2) is 50.0 Å². The maximum Gasteiger partial charge on any atom is 0.280 e. The van der Waals surface area contributed by atoms with E-state index < -0.39 is 11.7 Å². The second-order valence-corrected chi connectivity index (χ2v) is 4.82. The SMILES string of the molecule is CC(C)OCC(CO)OCn1cnc2c(=O)[nH]c(N)nc21.